The lowest BCUT2D eigenvalue weighted by Crippen LogP contribution is -2.61. The van der Waals surface area contributed by atoms with Crippen molar-refractivity contribution in [3.05, 3.63) is 211 Å². The summed E-state index contributed by atoms with van der Waals surface area (Å²) in [5.41, 5.74) is 22.5. The minimum absolute atomic E-state index is 0.00552. The van der Waals surface area contributed by atoms with Crippen molar-refractivity contribution in [2.75, 3.05) is 9.80 Å². The summed E-state index contributed by atoms with van der Waals surface area (Å²) < 4.78 is 6.34. The number of rotatable bonds is 5. The Kier molecular flexibility index (Phi) is 9.09. The van der Waals surface area contributed by atoms with Crippen LogP contribution in [-0.2, 0) is 10.8 Å². The van der Waals surface area contributed by atoms with E-state index in [0.717, 1.165) is 38.9 Å². The Hall–Kier alpha value is -7.56. The lowest BCUT2D eigenvalue weighted by Gasteiger charge is -2.45. The average Bonchev–Trinajstić information content (AvgIpc) is 3.73. The molecule has 0 bridgehead atoms. The largest absolute Gasteiger partial charge is 0.456 e. The van der Waals surface area contributed by atoms with Crippen molar-refractivity contribution in [1.82, 2.24) is 0 Å². The quantitative estimate of drug-likeness (QED) is 0.161. The third kappa shape index (κ3) is 6.50. The summed E-state index contributed by atoms with van der Waals surface area (Å²) in [5.74, 6) is 0. The van der Waals surface area contributed by atoms with Crippen molar-refractivity contribution in [1.29, 1.82) is 0 Å². The van der Waals surface area contributed by atoms with Crippen LogP contribution in [0.1, 0.15) is 52.7 Å². The molecular weight excluding hydrogens is 800 g/mol. The van der Waals surface area contributed by atoms with Crippen molar-refractivity contribution >= 4 is 79.2 Å². The summed E-state index contributed by atoms with van der Waals surface area (Å²) in [5, 5.41) is 2.29. The third-order valence-electron chi connectivity index (χ3n) is 14.0. The molecule has 0 unspecified atom stereocenters. The second kappa shape index (κ2) is 15.0. The average molecular weight is 851 g/mol. The van der Waals surface area contributed by atoms with Crippen LogP contribution in [0, 0.1) is 0 Å². The van der Waals surface area contributed by atoms with Crippen LogP contribution in [0.15, 0.2) is 205 Å². The summed E-state index contributed by atoms with van der Waals surface area (Å²) in [7, 11) is 0. The fourth-order valence-corrected chi connectivity index (χ4v) is 10.5. The van der Waals surface area contributed by atoms with E-state index in [4.69, 9.17) is 4.42 Å². The molecule has 2 aliphatic heterocycles. The monoisotopic (exact) mass is 850 g/mol. The molecule has 0 saturated carbocycles. The van der Waals surface area contributed by atoms with Crippen molar-refractivity contribution in [2.24, 2.45) is 0 Å². The maximum absolute atomic E-state index is 6.34. The number of fused-ring (bicyclic) bond motifs is 7. The van der Waals surface area contributed by atoms with E-state index in [1.54, 1.807) is 0 Å². The molecule has 0 atom stereocenters. The maximum atomic E-state index is 6.34. The van der Waals surface area contributed by atoms with E-state index in [1.165, 1.54) is 78.1 Å². The topological polar surface area (TPSA) is 19.6 Å². The number of hydrogen-bond acceptors (Lipinski definition) is 3. The highest BCUT2D eigenvalue weighted by molar-refractivity contribution is 7.00. The van der Waals surface area contributed by atoms with Crippen LogP contribution >= 0.6 is 0 Å². The van der Waals surface area contributed by atoms with Gasteiger partial charge in [-0.3, -0.25) is 0 Å². The molecule has 10 aromatic rings. The van der Waals surface area contributed by atoms with Gasteiger partial charge in [0, 0.05) is 44.9 Å². The van der Waals surface area contributed by atoms with Gasteiger partial charge in [0.05, 0.1) is 0 Å². The van der Waals surface area contributed by atoms with E-state index in [-0.39, 0.29) is 17.5 Å². The molecule has 1 aromatic heterocycles. The SMILES string of the molecule is CC(C)(C)c1ccc2c(c1)N(c1ccc(-c3cccc4oc5ccccc5c34)cc1)c1cc(C(C)(C)C)cc3c1B2c1cc(-c2ccccc2)ccc1N3c1ccc(-c2ccccc2)cc1. The minimum atomic E-state index is -0.129. The molecular formula is C62H51BN2O. The van der Waals surface area contributed by atoms with Gasteiger partial charge < -0.3 is 14.2 Å². The Morgan fingerprint density at radius 3 is 1.56 bits per heavy atom. The number of anilines is 6. The third-order valence-corrected chi connectivity index (χ3v) is 14.0. The summed E-state index contributed by atoms with van der Waals surface area (Å²) >= 11 is 0. The van der Waals surface area contributed by atoms with Crippen LogP contribution in [-0.4, -0.2) is 6.71 Å². The van der Waals surface area contributed by atoms with Gasteiger partial charge in [-0.25, -0.2) is 0 Å². The van der Waals surface area contributed by atoms with Crippen molar-refractivity contribution in [3.63, 3.8) is 0 Å². The Labute approximate surface area is 388 Å². The lowest BCUT2D eigenvalue weighted by atomic mass is 9.33. The van der Waals surface area contributed by atoms with E-state index in [0.29, 0.717) is 0 Å². The molecule has 9 aromatic carbocycles. The van der Waals surface area contributed by atoms with Crippen molar-refractivity contribution in [3.8, 4) is 33.4 Å². The highest BCUT2D eigenvalue weighted by atomic mass is 16.3. The molecule has 0 saturated heterocycles. The summed E-state index contributed by atoms with van der Waals surface area (Å²) in [6, 6.07) is 74.1. The van der Waals surface area contributed by atoms with Crippen molar-refractivity contribution in [2.45, 2.75) is 52.4 Å². The Balaban J connectivity index is 1.11. The normalized spacial score (nSPS) is 13.2. The smallest absolute Gasteiger partial charge is 0.252 e. The predicted octanol–water partition coefficient (Wildman–Crippen LogP) is 15.3. The second-order valence-electron chi connectivity index (χ2n) is 20.2. The molecule has 0 radical (unpaired) electrons. The summed E-state index contributed by atoms with van der Waals surface area (Å²) in [6.07, 6.45) is 0. The standard InChI is InChI=1S/C62H51BN2O/c1-61(2,3)45-29-34-51-54(37-45)65(48-32-26-43(27-33-48)49-21-15-23-58-59(49)50-20-13-14-22-57(50)66-58)56-39-46(62(4,5)6)38-55-60(56)63(51)52-36-44(41-18-11-8-12-19-41)28-35-53(52)64(55)47-30-24-42(25-31-47)40-16-9-7-10-17-40/h7-39H,1-6H3. The Morgan fingerprint density at radius 2 is 0.909 bits per heavy atom. The van der Waals surface area contributed by atoms with Crippen LogP contribution in [0.3, 0.4) is 0 Å². The fraction of sp³-hybridized carbons (Fsp3) is 0.129. The molecule has 0 fully saturated rings. The lowest BCUT2D eigenvalue weighted by molar-refractivity contribution is 0.590. The first kappa shape index (κ1) is 40.0. The van der Waals surface area contributed by atoms with Gasteiger partial charge in [0.1, 0.15) is 11.2 Å². The number of furan rings is 1. The molecule has 12 rings (SSSR count). The van der Waals surface area contributed by atoms with Gasteiger partial charge in [-0.1, -0.05) is 181 Å². The van der Waals surface area contributed by atoms with Crippen LogP contribution in [0.5, 0.6) is 0 Å². The number of benzene rings is 9. The Bertz CT molecular complexity index is 3480. The van der Waals surface area contributed by atoms with Crippen LogP contribution in [0.4, 0.5) is 34.1 Å². The molecule has 4 heteroatoms. The summed E-state index contributed by atoms with van der Waals surface area (Å²) in [4.78, 5) is 5.10. The van der Waals surface area contributed by atoms with Gasteiger partial charge in [-0.05, 0) is 132 Å². The number of hydrogen-bond donors (Lipinski definition) is 0. The highest BCUT2D eigenvalue weighted by Gasteiger charge is 2.44. The van der Waals surface area contributed by atoms with Gasteiger partial charge in [-0.15, -0.1) is 0 Å². The first-order valence-electron chi connectivity index (χ1n) is 23.3. The Morgan fingerprint density at radius 1 is 0.379 bits per heavy atom. The molecule has 66 heavy (non-hydrogen) atoms. The minimum Gasteiger partial charge on any atom is -0.456 e. The molecule has 3 heterocycles. The zero-order valence-electron chi connectivity index (χ0n) is 38.4. The van der Waals surface area contributed by atoms with Crippen molar-refractivity contribution < 1.29 is 4.42 Å². The first-order valence-corrected chi connectivity index (χ1v) is 23.3. The summed E-state index contributed by atoms with van der Waals surface area (Å²) in [6.45, 7) is 14.0. The van der Waals surface area contributed by atoms with E-state index in [2.05, 4.69) is 245 Å². The van der Waals surface area contributed by atoms with Crippen LogP contribution < -0.4 is 26.2 Å². The number of para-hydroxylation sites is 1. The van der Waals surface area contributed by atoms with Gasteiger partial charge in [0.2, 0.25) is 0 Å². The van der Waals surface area contributed by atoms with Gasteiger partial charge >= 0.3 is 0 Å². The molecule has 0 N–H and O–H groups in total. The molecule has 318 valence electrons. The molecule has 3 nitrogen and oxygen atoms in total. The molecule has 0 spiro atoms. The van der Waals surface area contributed by atoms with Crippen LogP contribution in [0.2, 0.25) is 0 Å². The second-order valence-corrected chi connectivity index (χ2v) is 20.2. The highest BCUT2D eigenvalue weighted by Crippen LogP contribution is 2.48. The van der Waals surface area contributed by atoms with E-state index < -0.39 is 0 Å². The van der Waals surface area contributed by atoms with E-state index >= 15 is 0 Å². The first-order chi connectivity index (χ1) is 32.0. The predicted molar refractivity (Wildman–Crippen MR) is 281 cm³/mol. The van der Waals surface area contributed by atoms with E-state index in [1.807, 2.05) is 6.07 Å². The molecule has 2 aliphatic rings. The fourth-order valence-electron chi connectivity index (χ4n) is 10.5. The van der Waals surface area contributed by atoms with Crippen LogP contribution in [0.25, 0.3) is 55.3 Å². The van der Waals surface area contributed by atoms with Gasteiger partial charge in [0.15, 0.2) is 0 Å². The van der Waals surface area contributed by atoms with Gasteiger partial charge in [0.25, 0.3) is 6.71 Å². The number of nitrogens with zero attached hydrogens (tertiary/aromatic N) is 2. The van der Waals surface area contributed by atoms with E-state index in [9.17, 15) is 0 Å². The maximum Gasteiger partial charge on any atom is 0.252 e. The molecule has 0 amide bonds. The van der Waals surface area contributed by atoms with Gasteiger partial charge in [-0.2, -0.15) is 0 Å². The zero-order valence-corrected chi connectivity index (χ0v) is 38.4. The molecule has 0 aliphatic carbocycles. The zero-order chi connectivity index (χ0) is 44.9.